The SMILES string of the molecule is COCCN1CCN(c2nc(Cl)c(Cl)c3c2C(=O)N2CCN(C(=O)OC(C)(C)C)CC2CO3)CC1(C)C. The standard InChI is InChI=1S/C25H37Cl2N5O5/c1-24(2,3)37-23(34)29-8-10-32-16(13-29)14-36-19-17(22(32)33)21(28-20(27)18(19)26)30-7-9-31(11-12-35-6)25(4,5)15-30/h16H,7-15H2,1-6H3. The summed E-state index contributed by atoms with van der Waals surface area (Å²) in [4.78, 5) is 39.1. The van der Waals surface area contributed by atoms with Crippen LogP contribution in [0.25, 0.3) is 0 Å². The van der Waals surface area contributed by atoms with Crippen molar-refractivity contribution in [2.24, 2.45) is 0 Å². The van der Waals surface area contributed by atoms with Gasteiger partial charge >= 0.3 is 6.09 Å². The van der Waals surface area contributed by atoms with Crippen LogP contribution in [0.2, 0.25) is 10.2 Å². The largest absolute Gasteiger partial charge is 0.489 e. The zero-order valence-electron chi connectivity index (χ0n) is 22.5. The van der Waals surface area contributed by atoms with E-state index in [1.54, 1.807) is 16.9 Å². The number of fused-ring (bicyclic) bond motifs is 2. The Morgan fingerprint density at radius 2 is 1.92 bits per heavy atom. The van der Waals surface area contributed by atoms with Crippen LogP contribution in [-0.2, 0) is 9.47 Å². The van der Waals surface area contributed by atoms with Crippen molar-refractivity contribution in [2.75, 3.05) is 71.0 Å². The number of piperazine rings is 2. The highest BCUT2D eigenvalue weighted by Gasteiger charge is 2.43. The molecule has 10 nitrogen and oxygen atoms in total. The van der Waals surface area contributed by atoms with Gasteiger partial charge in [-0.3, -0.25) is 9.69 Å². The van der Waals surface area contributed by atoms with E-state index in [0.717, 1.165) is 13.1 Å². The van der Waals surface area contributed by atoms with Crippen LogP contribution in [0.15, 0.2) is 0 Å². The van der Waals surface area contributed by atoms with Gasteiger partial charge < -0.3 is 28.9 Å². The first-order valence-corrected chi connectivity index (χ1v) is 13.4. The summed E-state index contributed by atoms with van der Waals surface area (Å²) in [6.07, 6.45) is -0.404. The molecule has 0 aliphatic carbocycles. The van der Waals surface area contributed by atoms with Crippen molar-refractivity contribution < 1.29 is 23.8 Å². The van der Waals surface area contributed by atoms with Crippen molar-refractivity contribution in [1.29, 1.82) is 0 Å². The van der Waals surface area contributed by atoms with Crippen LogP contribution in [0.5, 0.6) is 5.75 Å². The number of carbonyl (C=O) groups excluding carboxylic acids is 2. The fraction of sp³-hybridized carbons (Fsp3) is 0.720. The second-order valence-electron chi connectivity index (χ2n) is 11.3. The van der Waals surface area contributed by atoms with E-state index in [4.69, 9.17) is 37.4 Å². The molecule has 1 atom stereocenters. The van der Waals surface area contributed by atoms with Gasteiger partial charge in [-0.1, -0.05) is 23.2 Å². The van der Waals surface area contributed by atoms with Gasteiger partial charge in [-0.15, -0.1) is 0 Å². The van der Waals surface area contributed by atoms with Gasteiger partial charge in [0.2, 0.25) is 0 Å². The number of anilines is 1. The predicted octanol–water partition coefficient (Wildman–Crippen LogP) is 3.39. The second kappa shape index (κ2) is 10.6. The first-order chi connectivity index (χ1) is 17.3. The van der Waals surface area contributed by atoms with Crippen LogP contribution >= 0.6 is 23.2 Å². The number of ether oxygens (including phenoxy) is 3. The molecule has 1 unspecified atom stereocenters. The number of rotatable bonds is 4. The molecule has 2 amide bonds. The van der Waals surface area contributed by atoms with Gasteiger partial charge in [-0.2, -0.15) is 0 Å². The number of aromatic nitrogens is 1. The quantitative estimate of drug-likeness (QED) is 0.520. The number of carbonyl (C=O) groups is 2. The van der Waals surface area contributed by atoms with Crippen LogP contribution in [0.3, 0.4) is 0 Å². The number of hydrogen-bond acceptors (Lipinski definition) is 8. The molecule has 206 valence electrons. The summed E-state index contributed by atoms with van der Waals surface area (Å²) in [5, 5.41) is 0.216. The number of nitrogens with zero attached hydrogens (tertiary/aromatic N) is 5. The third-order valence-electron chi connectivity index (χ3n) is 7.00. The molecule has 0 saturated carbocycles. The van der Waals surface area contributed by atoms with E-state index in [1.807, 2.05) is 20.8 Å². The predicted molar refractivity (Wildman–Crippen MR) is 142 cm³/mol. The Morgan fingerprint density at radius 1 is 1.19 bits per heavy atom. The third kappa shape index (κ3) is 5.87. The van der Waals surface area contributed by atoms with Gasteiger partial charge in [0.25, 0.3) is 5.91 Å². The summed E-state index contributed by atoms with van der Waals surface area (Å²) in [5.41, 5.74) is -0.469. The van der Waals surface area contributed by atoms with Gasteiger partial charge in [0.1, 0.15) is 28.6 Å². The molecule has 1 aromatic rings. The summed E-state index contributed by atoms with van der Waals surface area (Å²) in [7, 11) is 1.70. The minimum Gasteiger partial charge on any atom is -0.489 e. The molecule has 37 heavy (non-hydrogen) atoms. The van der Waals surface area contributed by atoms with E-state index in [1.165, 1.54) is 0 Å². The maximum atomic E-state index is 14.0. The van der Waals surface area contributed by atoms with Crippen molar-refractivity contribution in [2.45, 2.75) is 51.8 Å². The molecule has 0 N–H and O–H groups in total. The van der Waals surface area contributed by atoms with Crippen molar-refractivity contribution in [3.05, 3.63) is 15.7 Å². The number of amides is 2. The highest BCUT2D eigenvalue weighted by Crippen LogP contribution is 2.42. The average Bonchev–Trinajstić information content (AvgIpc) is 2.95. The van der Waals surface area contributed by atoms with Crippen LogP contribution in [-0.4, -0.2) is 115 Å². The summed E-state index contributed by atoms with van der Waals surface area (Å²) in [6.45, 7) is 14.5. The van der Waals surface area contributed by atoms with Crippen LogP contribution in [0, 0.1) is 0 Å². The third-order valence-corrected chi connectivity index (χ3v) is 7.72. The molecule has 0 aromatic carbocycles. The van der Waals surface area contributed by atoms with E-state index in [-0.39, 0.29) is 40.0 Å². The van der Waals surface area contributed by atoms with E-state index in [0.29, 0.717) is 50.7 Å². The Hall–Kier alpha value is -2.01. The van der Waals surface area contributed by atoms with Crippen LogP contribution < -0.4 is 9.64 Å². The van der Waals surface area contributed by atoms with Gasteiger partial charge in [-0.05, 0) is 34.6 Å². The fourth-order valence-electron chi connectivity index (χ4n) is 5.13. The number of hydrogen-bond donors (Lipinski definition) is 0. The topological polar surface area (TPSA) is 87.7 Å². The molecule has 12 heteroatoms. The summed E-state index contributed by atoms with van der Waals surface area (Å²) in [5.74, 6) is 0.505. The lowest BCUT2D eigenvalue weighted by Crippen LogP contribution is -2.60. The molecule has 0 bridgehead atoms. The van der Waals surface area contributed by atoms with Gasteiger partial charge in [-0.25, -0.2) is 9.78 Å². The van der Waals surface area contributed by atoms with E-state index in [2.05, 4.69) is 28.6 Å². The van der Waals surface area contributed by atoms with Gasteiger partial charge in [0.15, 0.2) is 10.9 Å². The Kier molecular flexibility index (Phi) is 8.05. The van der Waals surface area contributed by atoms with E-state index in [9.17, 15) is 9.59 Å². The van der Waals surface area contributed by atoms with Crippen LogP contribution in [0.1, 0.15) is 45.0 Å². The maximum absolute atomic E-state index is 14.0. The molecule has 0 spiro atoms. The molecule has 2 fully saturated rings. The molecule has 4 heterocycles. The lowest BCUT2D eigenvalue weighted by Gasteiger charge is -2.48. The molecular weight excluding hydrogens is 521 g/mol. The van der Waals surface area contributed by atoms with Crippen LogP contribution in [0.4, 0.5) is 10.6 Å². The maximum Gasteiger partial charge on any atom is 0.410 e. The summed E-state index contributed by atoms with van der Waals surface area (Å²) in [6, 6.07) is -0.355. The van der Waals surface area contributed by atoms with E-state index >= 15 is 0 Å². The van der Waals surface area contributed by atoms with Crippen molar-refractivity contribution >= 4 is 41.0 Å². The van der Waals surface area contributed by atoms with E-state index < -0.39 is 11.7 Å². The minimum absolute atomic E-state index is 0.0955. The summed E-state index contributed by atoms with van der Waals surface area (Å²) < 4.78 is 17.0. The Labute approximate surface area is 228 Å². The Bertz CT molecular complexity index is 1050. The lowest BCUT2D eigenvalue weighted by molar-refractivity contribution is 0.000951. The van der Waals surface area contributed by atoms with Crippen molar-refractivity contribution in [3.8, 4) is 5.75 Å². The number of methoxy groups -OCH3 is 1. The minimum atomic E-state index is -0.605. The summed E-state index contributed by atoms with van der Waals surface area (Å²) >= 11 is 13.0. The number of halogens is 2. The highest BCUT2D eigenvalue weighted by molar-refractivity contribution is 6.42. The number of pyridine rings is 1. The average molecular weight is 559 g/mol. The van der Waals surface area contributed by atoms with Crippen molar-refractivity contribution in [1.82, 2.24) is 19.7 Å². The molecule has 1 aromatic heterocycles. The highest BCUT2D eigenvalue weighted by atomic mass is 35.5. The normalized spacial score (nSPS) is 22.2. The lowest BCUT2D eigenvalue weighted by atomic mass is 9.98. The molecule has 3 aliphatic rings. The Morgan fingerprint density at radius 3 is 2.57 bits per heavy atom. The monoisotopic (exact) mass is 557 g/mol. The molecular formula is C25H37Cl2N5O5. The van der Waals surface area contributed by atoms with Gasteiger partial charge in [0, 0.05) is 58.5 Å². The first kappa shape index (κ1) is 28.0. The molecule has 3 aliphatic heterocycles. The fourth-order valence-corrected chi connectivity index (χ4v) is 5.48. The first-order valence-electron chi connectivity index (χ1n) is 12.6. The molecule has 0 radical (unpaired) electrons. The Balaban J connectivity index is 1.61. The van der Waals surface area contributed by atoms with Crippen molar-refractivity contribution in [3.63, 3.8) is 0 Å². The second-order valence-corrected chi connectivity index (χ2v) is 12.1. The zero-order chi connectivity index (χ0) is 27.1. The molecule has 2 saturated heterocycles. The van der Waals surface area contributed by atoms with Gasteiger partial charge in [0.05, 0.1) is 12.6 Å². The smallest absolute Gasteiger partial charge is 0.410 e. The molecule has 4 rings (SSSR count). The zero-order valence-corrected chi connectivity index (χ0v) is 24.0.